The molecule has 0 aromatic carbocycles. The first-order chi connectivity index (χ1) is 11.4. The van der Waals surface area contributed by atoms with E-state index in [-0.39, 0.29) is 23.6 Å². The van der Waals surface area contributed by atoms with E-state index in [2.05, 4.69) is 15.9 Å². The first-order valence-corrected chi connectivity index (χ1v) is 8.72. The average Bonchev–Trinajstić information content (AvgIpc) is 2.79. The van der Waals surface area contributed by atoms with Crippen molar-refractivity contribution >= 4 is 27.9 Å². The summed E-state index contributed by atoms with van der Waals surface area (Å²) >= 11 is 3.40. The summed E-state index contributed by atoms with van der Waals surface area (Å²) in [6, 6.07) is 1.32. The molecule has 0 spiro atoms. The summed E-state index contributed by atoms with van der Waals surface area (Å²) in [5.74, 6) is 0.255. The maximum atomic E-state index is 12.0. The predicted octanol–water partition coefficient (Wildman–Crippen LogP) is 2.21. The van der Waals surface area contributed by atoms with Gasteiger partial charge in [-0.1, -0.05) is 0 Å². The van der Waals surface area contributed by atoms with Gasteiger partial charge >= 0.3 is 6.09 Å². The molecule has 0 bridgehead atoms. The van der Waals surface area contributed by atoms with E-state index >= 15 is 0 Å². The largest absolute Gasteiger partial charge is 0.489 e. The molecule has 8 heteroatoms. The molecule has 1 atom stereocenters. The first-order valence-electron chi connectivity index (χ1n) is 7.93. The summed E-state index contributed by atoms with van der Waals surface area (Å²) in [7, 11) is 1.68. The number of hydrogen-bond donors (Lipinski definition) is 0. The Bertz CT molecular complexity index is 724. The van der Waals surface area contributed by atoms with Crippen LogP contribution in [-0.2, 0) is 16.6 Å². The van der Waals surface area contributed by atoms with Gasteiger partial charge in [0.1, 0.15) is 5.75 Å². The van der Waals surface area contributed by atoms with Crippen LogP contribution in [0.4, 0.5) is 4.79 Å². The van der Waals surface area contributed by atoms with Gasteiger partial charge in [-0.15, -0.1) is 0 Å². The lowest BCUT2D eigenvalue weighted by Gasteiger charge is -2.32. The topological polar surface area (TPSA) is 77.8 Å². The zero-order valence-corrected chi connectivity index (χ0v) is 15.1. The maximum absolute atomic E-state index is 12.0. The van der Waals surface area contributed by atoms with Crippen molar-refractivity contribution < 1.29 is 19.1 Å². The third kappa shape index (κ3) is 3.19. The Morgan fingerprint density at radius 3 is 2.46 bits per heavy atom. The van der Waals surface area contributed by atoms with Crippen molar-refractivity contribution in [1.82, 2.24) is 9.47 Å². The number of amides is 2. The van der Waals surface area contributed by atoms with Gasteiger partial charge < -0.3 is 14.0 Å². The number of ether oxygens (including phenoxy) is 2. The van der Waals surface area contributed by atoms with Crippen LogP contribution in [0.3, 0.4) is 0 Å². The second-order valence-corrected chi connectivity index (χ2v) is 7.07. The number of imide groups is 1. The van der Waals surface area contributed by atoms with E-state index in [0.717, 1.165) is 4.47 Å². The molecule has 130 valence electrons. The van der Waals surface area contributed by atoms with Crippen LogP contribution >= 0.6 is 15.9 Å². The molecule has 3 rings (SSSR count). The smallest absolute Gasteiger partial charge is 0.417 e. The Kier molecular flexibility index (Phi) is 4.67. The van der Waals surface area contributed by atoms with E-state index in [9.17, 15) is 14.4 Å². The van der Waals surface area contributed by atoms with Crippen molar-refractivity contribution in [3.63, 3.8) is 0 Å². The third-order valence-electron chi connectivity index (χ3n) is 4.51. The van der Waals surface area contributed by atoms with E-state index in [1.807, 2.05) is 0 Å². The van der Waals surface area contributed by atoms with Gasteiger partial charge in [0.15, 0.2) is 6.10 Å². The summed E-state index contributed by atoms with van der Waals surface area (Å²) in [5, 5.41) is 0. The molecule has 2 aliphatic rings. The molecule has 2 fully saturated rings. The van der Waals surface area contributed by atoms with Crippen LogP contribution in [0, 0.1) is 0 Å². The second kappa shape index (κ2) is 6.58. The Balaban J connectivity index is 1.62. The molecule has 2 heterocycles. The molecule has 7 nitrogen and oxygen atoms in total. The number of carbonyl (C=O) groups excluding carboxylic acids is 2. The van der Waals surface area contributed by atoms with Crippen molar-refractivity contribution in [2.24, 2.45) is 7.05 Å². The summed E-state index contributed by atoms with van der Waals surface area (Å²) in [4.78, 5) is 36.8. The number of aryl methyl sites for hydroxylation is 1. The molecule has 1 aliphatic heterocycles. The first kappa shape index (κ1) is 17.0. The lowest BCUT2D eigenvalue weighted by Crippen LogP contribution is -2.43. The number of halogens is 1. The minimum absolute atomic E-state index is 0.0456. The summed E-state index contributed by atoms with van der Waals surface area (Å²) < 4.78 is 13.1. The van der Waals surface area contributed by atoms with Crippen molar-refractivity contribution in [1.29, 1.82) is 0 Å². The molecule has 1 aromatic rings. The van der Waals surface area contributed by atoms with E-state index in [1.54, 1.807) is 20.2 Å². The third-order valence-corrected chi connectivity index (χ3v) is 5.10. The highest BCUT2D eigenvalue weighted by Crippen LogP contribution is 2.31. The normalized spacial score (nSPS) is 27.3. The number of pyridine rings is 1. The van der Waals surface area contributed by atoms with Gasteiger partial charge in [0, 0.05) is 25.4 Å². The molecule has 2 amide bonds. The van der Waals surface area contributed by atoms with Gasteiger partial charge in [0.25, 0.3) is 11.5 Å². The molecule has 0 N–H and O–H groups in total. The highest BCUT2D eigenvalue weighted by atomic mass is 79.9. The van der Waals surface area contributed by atoms with Crippen LogP contribution in [0.25, 0.3) is 0 Å². The van der Waals surface area contributed by atoms with Crippen LogP contribution in [-0.4, -0.2) is 39.7 Å². The van der Waals surface area contributed by atoms with Crippen molar-refractivity contribution in [3.8, 4) is 5.75 Å². The average molecular weight is 399 g/mol. The molecule has 0 unspecified atom stereocenters. The number of cyclic esters (lactones) is 1. The molecule has 1 saturated heterocycles. The number of hydrogen-bond acceptors (Lipinski definition) is 5. The Labute approximate surface area is 147 Å². The molecular formula is C16H19BrN2O5. The molecule has 1 aromatic heterocycles. The van der Waals surface area contributed by atoms with Crippen molar-refractivity contribution in [2.45, 2.75) is 50.9 Å². The Morgan fingerprint density at radius 1 is 1.21 bits per heavy atom. The van der Waals surface area contributed by atoms with E-state index in [0.29, 0.717) is 31.4 Å². The van der Waals surface area contributed by atoms with Crippen LogP contribution < -0.4 is 10.3 Å². The highest BCUT2D eigenvalue weighted by Gasteiger charge is 2.43. The van der Waals surface area contributed by atoms with Gasteiger partial charge in [-0.05, 0) is 48.5 Å². The monoisotopic (exact) mass is 398 g/mol. The molecule has 1 saturated carbocycles. The van der Waals surface area contributed by atoms with Gasteiger partial charge in [0.05, 0.1) is 10.6 Å². The molecule has 1 aliphatic carbocycles. The van der Waals surface area contributed by atoms with Gasteiger partial charge in [-0.2, -0.15) is 0 Å². The van der Waals surface area contributed by atoms with Gasteiger partial charge in [0.2, 0.25) is 0 Å². The van der Waals surface area contributed by atoms with E-state index < -0.39 is 12.2 Å². The zero-order chi connectivity index (χ0) is 17.4. The highest BCUT2D eigenvalue weighted by molar-refractivity contribution is 9.10. The van der Waals surface area contributed by atoms with Crippen molar-refractivity contribution in [2.75, 3.05) is 0 Å². The molecule has 0 radical (unpaired) electrons. The lowest BCUT2D eigenvalue weighted by molar-refractivity contribution is -0.131. The van der Waals surface area contributed by atoms with Gasteiger partial charge in [-0.25, -0.2) is 9.69 Å². The summed E-state index contributed by atoms with van der Waals surface area (Å²) in [5.41, 5.74) is -0.138. The molecular weight excluding hydrogens is 380 g/mol. The SMILES string of the molecule is C[C@@H]1OC(=O)N([C@H]2CC[C@H](Oc3cc(=O)n(C)cc3Br)CC2)C1=O. The van der Waals surface area contributed by atoms with Crippen LogP contribution in [0.15, 0.2) is 21.5 Å². The number of carbonyl (C=O) groups is 2. The maximum Gasteiger partial charge on any atom is 0.417 e. The predicted molar refractivity (Wildman–Crippen MR) is 88.8 cm³/mol. The lowest BCUT2D eigenvalue weighted by atomic mass is 9.92. The minimum atomic E-state index is -0.692. The minimum Gasteiger partial charge on any atom is -0.489 e. The quantitative estimate of drug-likeness (QED) is 0.779. The fourth-order valence-electron chi connectivity index (χ4n) is 3.14. The second-order valence-electron chi connectivity index (χ2n) is 6.22. The molecule has 24 heavy (non-hydrogen) atoms. The fourth-order valence-corrected chi connectivity index (χ4v) is 3.66. The standard InChI is InChI=1S/C16H19BrN2O5/c1-9-15(21)19(16(22)23-9)10-3-5-11(6-4-10)24-13-7-14(20)18(2)8-12(13)17/h7-11H,3-6H2,1-2H3/t9-,10-,11-/m0/s1. The zero-order valence-electron chi connectivity index (χ0n) is 13.5. The van der Waals surface area contributed by atoms with Crippen LogP contribution in [0.5, 0.6) is 5.75 Å². The summed E-state index contributed by atoms with van der Waals surface area (Å²) in [6.07, 6.45) is 3.13. The van der Waals surface area contributed by atoms with Crippen molar-refractivity contribution in [3.05, 3.63) is 27.1 Å². The van der Waals surface area contributed by atoms with Crippen LogP contribution in [0.1, 0.15) is 32.6 Å². The number of aromatic nitrogens is 1. The number of rotatable bonds is 3. The van der Waals surface area contributed by atoms with E-state index in [4.69, 9.17) is 9.47 Å². The number of nitrogens with zero attached hydrogens (tertiary/aromatic N) is 2. The van der Waals surface area contributed by atoms with E-state index in [1.165, 1.54) is 15.5 Å². The Morgan fingerprint density at radius 2 is 1.88 bits per heavy atom. The van der Waals surface area contributed by atoms with Crippen LogP contribution in [0.2, 0.25) is 0 Å². The Hall–Kier alpha value is -1.83. The van der Waals surface area contributed by atoms with Gasteiger partial charge in [-0.3, -0.25) is 9.59 Å². The summed E-state index contributed by atoms with van der Waals surface area (Å²) in [6.45, 7) is 1.59. The fraction of sp³-hybridized carbons (Fsp3) is 0.562.